The van der Waals surface area contributed by atoms with E-state index in [2.05, 4.69) is 26.2 Å². The molecule has 0 spiro atoms. The Balaban J connectivity index is 2.51. The van der Waals surface area contributed by atoms with Crippen molar-refractivity contribution in [2.75, 3.05) is 0 Å². The Morgan fingerprint density at radius 2 is 2.07 bits per heavy atom. The van der Waals surface area contributed by atoms with E-state index in [9.17, 15) is 0 Å². The maximum absolute atomic E-state index is 5.72. The first-order valence-electron chi connectivity index (χ1n) is 6.69. The largest absolute Gasteiger partial charge is 0.271 e. The fourth-order valence-corrected chi connectivity index (χ4v) is 3.05. The summed E-state index contributed by atoms with van der Waals surface area (Å²) in [5.41, 5.74) is 3.07. The Kier molecular flexibility index (Phi) is 5.62. The Hall–Kier alpha value is -0.0800. The molecule has 0 aromatic carbocycles. The number of rotatable bonds is 5. The van der Waals surface area contributed by atoms with Gasteiger partial charge in [0.2, 0.25) is 0 Å². The number of hydrogen-bond acceptors (Lipinski definition) is 2. The molecule has 3 N–H and O–H groups in total. The molecule has 0 bridgehead atoms. The third kappa shape index (κ3) is 3.46. The van der Waals surface area contributed by atoms with E-state index in [1.165, 1.54) is 38.5 Å². The van der Waals surface area contributed by atoms with Crippen LogP contribution in [-0.4, -0.2) is 6.04 Å². The molecule has 90 valence electrons. The van der Waals surface area contributed by atoms with Crippen LogP contribution in [0, 0.1) is 17.8 Å². The van der Waals surface area contributed by atoms with E-state index in [-0.39, 0.29) is 0 Å². The second-order valence-corrected chi connectivity index (χ2v) is 5.28. The fraction of sp³-hybridized carbons (Fsp3) is 1.00. The van der Waals surface area contributed by atoms with E-state index >= 15 is 0 Å². The monoisotopic (exact) mass is 212 g/mol. The average Bonchev–Trinajstić information content (AvgIpc) is 2.30. The molecule has 0 radical (unpaired) electrons. The SMILES string of the molecule is CCC1CCCC(C(NN)C(C)CC)C1. The smallest absolute Gasteiger partial charge is 0.0264 e. The molecule has 1 rings (SSSR count). The minimum atomic E-state index is 0.532. The molecule has 0 aromatic heterocycles. The van der Waals surface area contributed by atoms with Crippen molar-refractivity contribution in [1.82, 2.24) is 5.43 Å². The molecule has 2 nitrogen and oxygen atoms in total. The number of nitrogens with two attached hydrogens (primary N) is 1. The first-order valence-corrected chi connectivity index (χ1v) is 6.69. The minimum absolute atomic E-state index is 0.532. The molecule has 4 atom stereocenters. The minimum Gasteiger partial charge on any atom is -0.271 e. The summed E-state index contributed by atoms with van der Waals surface area (Å²) in [7, 11) is 0. The Bertz CT molecular complexity index is 170. The van der Waals surface area contributed by atoms with Gasteiger partial charge in [-0.2, -0.15) is 0 Å². The van der Waals surface area contributed by atoms with Crippen molar-refractivity contribution >= 4 is 0 Å². The van der Waals surface area contributed by atoms with Gasteiger partial charge in [-0.15, -0.1) is 0 Å². The van der Waals surface area contributed by atoms with Crippen molar-refractivity contribution in [3.8, 4) is 0 Å². The van der Waals surface area contributed by atoms with Gasteiger partial charge in [0.05, 0.1) is 0 Å². The van der Waals surface area contributed by atoms with Crippen LogP contribution < -0.4 is 11.3 Å². The molecule has 2 heteroatoms. The molecule has 1 saturated carbocycles. The summed E-state index contributed by atoms with van der Waals surface area (Å²) in [6.45, 7) is 6.90. The van der Waals surface area contributed by atoms with Gasteiger partial charge < -0.3 is 0 Å². The van der Waals surface area contributed by atoms with Crippen molar-refractivity contribution in [2.45, 2.75) is 65.3 Å². The standard InChI is InChI=1S/C13H28N2/c1-4-10(3)13(15-14)12-8-6-7-11(5-2)9-12/h10-13,15H,4-9,14H2,1-3H3. The van der Waals surface area contributed by atoms with Crippen molar-refractivity contribution in [1.29, 1.82) is 0 Å². The van der Waals surface area contributed by atoms with Gasteiger partial charge in [0.25, 0.3) is 0 Å². The zero-order chi connectivity index (χ0) is 11.3. The maximum atomic E-state index is 5.72. The molecule has 1 aliphatic carbocycles. The summed E-state index contributed by atoms with van der Waals surface area (Å²) in [4.78, 5) is 0. The predicted octanol–water partition coefficient (Wildman–Crippen LogP) is 3.08. The van der Waals surface area contributed by atoms with Crippen LogP contribution in [0.5, 0.6) is 0 Å². The van der Waals surface area contributed by atoms with Gasteiger partial charge in [-0.05, 0) is 30.6 Å². The molecule has 0 heterocycles. The first kappa shape index (κ1) is 13.0. The number of nitrogens with one attached hydrogen (secondary N) is 1. The highest BCUT2D eigenvalue weighted by Gasteiger charge is 2.29. The highest BCUT2D eigenvalue weighted by atomic mass is 15.2. The molecular weight excluding hydrogens is 184 g/mol. The molecule has 0 aromatic rings. The van der Waals surface area contributed by atoms with E-state index in [0.717, 1.165) is 11.8 Å². The predicted molar refractivity (Wildman–Crippen MR) is 66.3 cm³/mol. The van der Waals surface area contributed by atoms with Gasteiger partial charge in [0.1, 0.15) is 0 Å². The zero-order valence-electron chi connectivity index (χ0n) is 10.6. The highest BCUT2D eigenvalue weighted by molar-refractivity contribution is 4.83. The lowest BCUT2D eigenvalue weighted by atomic mass is 9.74. The topological polar surface area (TPSA) is 38.0 Å². The van der Waals surface area contributed by atoms with Crippen molar-refractivity contribution in [3.63, 3.8) is 0 Å². The summed E-state index contributed by atoms with van der Waals surface area (Å²) in [5, 5.41) is 0. The van der Waals surface area contributed by atoms with E-state index < -0.39 is 0 Å². The van der Waals surface area contributed by atoms with Crippen LogP contribution >= 0.6 is 0 Å². The normalized spacial score (nSPS) is 31.2. The van der Waals surface area contributed by atoms with E-state index in [0.29, 0.717) is 12.0 Å². The molecule has 0 amide bonds. The van der Waals surface area contributed by atoms with Crippen LogP contribution in [0.15, 0.2) is 0 Å². The summed E-state index contributed by atoms with van der Waals surface area (Å²) in [6.07, 6.45) is 8.16. The second kappa shape index (κ2) is 6.49. The molecule has 4 unspecified atom stereocenters. The van der Waals surface area contributed by atoms with E-state index in [1.807, 2.05) is 0 Å². The number of hydrazine groups is 1. The molecule has 1 aliphatic rings. The van der Waals surface area contributed by atoms with Gasteiger partial charge in [-0.3, -0.25) is 11.3 Å². The van der Waals surface area contributed by atoms with Crippen LogP contribution in [0.1, 0.15) is 59.3 Å². The van der Waals surface area contributed by atoms with Crippen LogP contribution in [0.3, 0.4) is 0 Å². The second-order valence-electron chi connectivity index (χ2n) is 5.28. The van der Waals surface area contributed by atoms with Gasteiger partial charge in [0.15, 0.2) is 0 Å². The summed E-state index contributed by atoms with van der Waals surface area (Å²) in [6, 6.07) is 0.532. The van der Waals surface area contributed by atoms with Crippen LogP contribution in [0.25, 0.3) is 0 Å². The molecular formula is C13H28N2. The molecule has 0 saturated heterocycles. The Morgan fingerprint density at radius 3 is 2.60 bits per heavy atom. The molecule has 15 heavy (non-hydrogen) atoms. The lowest BCUT2D eigenvalue weighted by Gasteiger charge is -2.36. The third-order valence-electron chi connectivity index (χ3n) is 4.36. The summed E-state index contributed by atoms with van der Waals surface area (Å²) in [5.74, 6) is 8.18. The lowest BCUT2D eigenvalue weighted by Crippen LogP contribution is -2.46. The van der Waals surface area contributed by atoms with Crippen LogP contribution in [0.2, 0.25) is 0 Å². The molecule has 1 fully saturated rings. The summed E-state index contributed by atoms with van der Waals surface area (Å²) < 4.78 is 0. The summed E-state index contributed by atoms with van der Waals surface area (Å²) >= 11 is 0. The quantitative estimate of drug-likeness (QED) is 0.543. The van der Waals surface area contributed by atoms with Gasteiger partial charge in [-0.1, -0.05) is 46.5 Å². The Morgan fingerprint density at radius 1 is 1.33 bits per heavy atom. The molecule has 0 aliphatic heterocycles. The number of hydrogen-bond donors (Lipinski definition) is 2. The third-order valence-corrected chi connectivity index (χ3v) is 4.36. The van der Waals surface area contributed by atoms with Crippen LogP contribution in [0.4, 0.5) is 0 Å². The first-order chi connectivity index (χ1) is 7.22. The van der Waals surface area contributed by atoms with Crippen molar-refractivity contribution in [3.05, 3.63) is 0 Å². The Labute approximate surface area is 95.0 Å². The average molecular weight is 212 g/mol. The van der Waals surface area contributed by atoms with Crippen molar-refractivity contribution in [2.24, 2.45) is 23.6 Å². The fourth-order valence-electron chi connectivity index (χ4n) is 3.05. The van der Waals surface area contributed by atoms with Gasteiger partial charge in [-0.25, -0.2) is 0 Å². The van der Waals surface area contributed by atoms with Crippen LogP contribution in [-0.2, 0) is 0 Å². The van der Waals surface area contributed by atoms with Crippen molar-refractivity contribution < 1.29 is 0 Å². The zero-order valence-corrected chi connectivity index (χ0v) is 10.6. The van der Waals surface area contributed by atoms with Gasteiger partial charge >= 0.3 is 0 Å². The van der Waals surface area contributed by atoms with E-state index in [1.54, 1.807) is 0 Å². The highest BCUT2D eigenvalue weighted by Crippen LogP contribution is 2.35. The van der Waals surface area contributed by atoms with Gasteiger partial charge in [0, 0.05) is 6.04 Å². The maximum Gasteiger partial charge on any atom is 0.0264 e. The lowest BCUT2D eigenvalue weighted by molar-refractivity contribution is 0.171. The van der Waals surface area contributed by atoms with E-state index in [4.69, 9.17) is 5.84 Å².